The summed E-state index contributed by atoms with van der Waals surface area (Å²) in [5.74, 6) is 0. The Bertz CT molecular complexity index is 3140. The molecule has 2 heteroatoms. The summed E-state index contributed by atoms with van der Waals surface area (Å²) in [6.45, 7) is 6.79. The van der Waals surface area contributed by atoms with Crippen molar-refractivity contribution >= 4 is 60.5 Å². The lowest BCUT2D eigenvalue weighted by molar-refractivity contribution is 0.590. The second kappa shape index (κ2) is 12.3. The van der Waals surface area contributed by atoms with Crippen LogP contribution in [0.15, 0.2) is 186 Å². The molecule has 1 aromatic heterocycles. The Balaban J connectivity index is 0.999. The molecule has 0 N–H and O–H groups in total. The van der Waals surface area contributed by atoms with Gasteiger partial charge in [-0.15, -0.1) is 0 Å². The quantitative estimate of drug-likeness (QED) is 0.176. The van der Waals surface area contributed by atoms with E-state index in [1.807, 2.05) is 6.07 Å². The number of hydrogen-bond acceptors (Lipinski definition) is 2. The van der Waals surface area contributed by atoms with Crippen LogP contribution in [0.5, 0.6) is 0 Å². The van der Waals surface area contributed by atoms with Crippen LogP contribution in [0.2, 0.25) is 0 Å². The van der Waals surface area contributed by atoms with E-state index in [2.05, 4.69) is 202 Å². The molecule has 1 aliphatic rings. The highest BCUT2D eigenvalue weighted by Crippen LogP contribution is 2.51. The lowest BCUT2D eigenvalue weighted by Crippen LogP contribution is -2.10. The van der Waals surface area contributed by atoms with Crippen LogP contribution >= 0.6 is 0 Å². The molecule has 11 rings (SSSR count). The van der Waals surface area contributed by atoms with E-state index in [-0.39, 0.29) is 5.41 Å². The summed E-state index contributed by atoms with van der Waals surface area (Å²) in [6, 6.07) is 66.5. The summed E-state index contributed by atoms with van der Waals surface area (Å²) < 4.78 is 6.61. The highest BCUT2D eigenvalue weighted by atomic mass is 16.3. The molecule has 2 nitrogen and oxygen atoms in total. The van der Waals surface area contributed by atoms with Gasteiger partial charge in [-0.1, -0.05) is 136 Å². The van der Waals surface area contributed by atoms with Crippen LogP contribution in [0.4, 0.5) is 17.1 Å². The topological polar surface area (TPSA) is 16.4 Å². The standard InChI is InChI=1S/C54H39NO/c1-54(2,3)42-23-18-36(19-24-42)37-16-17-38-30-47-49(32-40(38)28-37)48-31-39-22-27-44(29-41(39)33-50(47)48)55(43-25-20-35(21-26-43)34-10-5-4-6-11-34)51-14-9-13-46-45-12-7-8-15-52(45)56-53(46)51/h4-33H,1-3H3. The fourth-order valence-electron chi connectivity index (χ4n) is 8.66. The molecule has 0 unspecified atom stereocenters. The number of hydrogen-bond donors (Lipinski definition) is 0. The predicted octanol–water partition coefficient (Wildman–Crippen LogP) is 15.6. The first kappa shape index (κ1) is 32.5. The molecule has 0 atom stereocenters. The third-order valence-corrected chi connectivity index (χ3v) is 11.7. The maximum Gasteiger partial charge on any atom is 0.159 e. The van der Waals surface area contributed by atoms with Crippen LogP contribution < -0.4 is 4.90 Å². The molecule has 0 fully saturated rings. The van der Waals surface area contributed by atoms with Gasteiger partial charge in [0.25, 0.3) is 0 Å². The Hall–Kier alpha value is -6.90. The van der Waals surface area contributed by atoms with Gasteiger partial charge in [-0.3, -0.25) is 0 Å². The smallest absolute Gasteiger partial charge is 0.159 e. The van der Waals surface area contributed by atoms with Gasteiger partial charge in [0.15, 0.2) is 5.58 Å². The normalized spacial score (nSPS) is 12.2. The SMILES string of the molecule is CC(C)(C)c1ccc(-c2ccc3cc4c(cc3c2)-c2cc3ccc(N(c5ccc(-c6ccccc6)cc5)c5cccc6c5oc5ccccc56)cc3cc2-4)cc1. The van der Waals surface area contributed by atoms with Crippen molar-refractivity contribution in [2.24, 2.45) is 0 Å². The summed E-state index contributed by atoms with van der Waals surface area (Å²) in [5.41, 5.74) is 16.6. The maximum absolute atomic E-state index is 6.61. The summed E-state index contributed by atoms with van der Waals surface area (Å²) in [6.07, 6.45) is 0. The average molecular weight is 718 g/mol. The third-order valence-electron chi connectivity index (χ3n) is 11.7. The Morgan fingerprint density at radius 2 is 0.929 bits per heavy atom. The van der Waals surface area contributed by atoms with Gasteiger partial charge in [0.1, 0.15) is 5.58 Å². The molecule has 0 spiro atoms. The van der Waals surface area contributed by atoms with Crippen molar-refractivity contribution in [3.8, 4) is 44.5 Å². The average Bonchev–Trinajstić information content (AvgIpc) is 3.62. The van der Waals surface area contributed by atoms with Crippen LogP contribution in [0.1, 0.15) is 26.3 Å². The van der Waals surface area contributed by atoms with Gasteiger partial charge in [-0.2, -0.15) is 0 Å². The molecule has 0 radical (unpaired) electrons. The van der Waals surface area contributed by atoms with Crippen LogP contribution in [0.3, 0.4) is 0 Å². The molecule has 0 saturated carbocycles. The van der Waals surface area contributed by atoms with Crippen molar-refractivity contribution < 1.29 is 4.42 Å². The molecule has 1 aliphatic carbocycles. The van der Waals surface area contributed by atoms with E-state index in [9.17, 15) is 0 Å². The molecule has 0 bridgehead atoms. The zero-order chi connectivity index (χ0) is 37.5. The van der Waals surface area contributed by atoms with Crippen molar-refractivity contribution in [2.75, 3.05) is 4.90 Å². The fourth-order valence-corrected chi connectivity index (χ4v) is 8.66. The number of para-hydroxylation sites is 2. The molecule has 10 aromatic rings. The second-order valence-corrected chi connectivity index (χ2v) is 16.2. The van der Waals surface area contributed by atoms with Gasteiger partial charge in [0.2, 0.25) is 0 Å². The van der Waals surface area contributed by atoms with Crippen LogP contribution in [-0.2, 0) is 5.41 Å². The van der Waals surface area contributed by atoms with E-state index in [0.29, 0.717) is 0 Å². The molecule has 0 aliphatic heterocycles. The second-order valence-electron chi connectivity index (χ2n) is 16.2. The van der Waals surface area contributed by atoms with Crippen molar-refractivity contribution in [3.05, 3.63) is 188 Å². The van der Waals surface area contributed by atoms with Gasteiger partial charge in [-0.25, -0.2) is 0 Å². The number of furan rings is 1. The van der Waals surface area contributed by atoms with Gasteiger partial charge in [0, 0.05) is 22.1 Å². The summed E-state index contributed by atoms with van der Waals surface area (Å²) in [5, 5.41) is 7.22. The van der Waals surface area contributed by atoms with Gasteiger partial charge in [0.05, 0.1) is 5.69 Å². The maximum atomic E-state index is 6.61. The first-order valence-corrected chi connectivity index (χ1v) is 19.5. The highest BCUT2D eigenvalue weighted by molar-refractivity contribution is 6.13. The van der Waals surface area contributed by atoms with E-state index in [1.54, 1.807) is 0 Å². The minimum absolute atomic E-state index is 0.141. The molecule has 56 heavy (non-hydrogen) atoms. The van der Waals surface area contributed by atoms with Crippen LogP contribution in [0, 0.1) is 0 Å². The number of nitrogens with zero attached hydrogens (tertiary/aromatic N) is 1. The van der Waals surface area contributed by atoms with E-state index in [0.717, 1.165) is 39.0 Å². The van der Waals surface area contributed by atoms with Gasteiger partial charge in [-0.05, 0) is 144 Å². The van der Waals surface area contributed by atoms with Gasteiger partial charge >= 0.3 is 0 Å². The predicted molar refractivity (Wildman–Crippen MR) is 237 cm³/mol. The van der Waals surface area contributed by atoms with Crippen LogP contribution in [-0.4, -0.2) is 0 Å². The fraction of sp³-hybridized carbons (Fsp3) is 0.0741. The molecular weight excluding hydrogens is 679 g/mol. The minimum Gasteiger partial charge on any atom is -0.454 e. The minimum atomic E-state index is 0.141. The first-order chi connectivity index (χ1) is 27.4. The number of benzene rings is 9. The van der Waals surface area contributed by atoms with Gasteiger partial charge < -0.3 is 9.32 Å². The molecule has 1 heterocycles. The summed E-state index contributed by atoms with van der Waals surface area (Å²) in [4.78, 5) is 2.34. The zero-order valence-corrected chi connectivity index (χ0v) is 31.7. The largest absolute Gasteiger partial charge is 0.454 e. The Kier molecular flexibility index (Phi) is 7.15. The molecule has 266 valence electrons. The van der Waals surface area contributed by atoms with Crippen molar-refractivity contribution in [2.45, 2.75) is 26.2 Å². The molecule has 9 aromatic carbocycles. The highest BCUT2D eigenvalue weighted by Gasteiger charge is 2.25. The Morgan fingerprint density at radius 1 is 0.393 bits per heavy atom. The molecule has 0 saturated heterocycles. The molecular formula is C54H39NO. The van der Waals surface area contributed by atoms with Crippen LogP contribution in [0.25, 0.3) is 88.0 Å². The third kappa shape index (κ3) is 5.25. The van der Waals surface area contributed by atoms with E-state index >= 15 is 0 Å². The lowest BCUT2D eigenvalue weighted by Gasteiger charge is -2.28. The Labute approximate surface area is 326 Å². The van der Waals surface area contributed by atoms with E-state index < -0.39 is 0 Å². The number of fused-ring (bicyclic) bond motifs is 9. The number of rotatable bonds is 5. The monoisotopic (exact) mass is 717 g/mol. The zero-order valence-electron chi connectivity index (χ0n) is 31.7. The van der Waals surface area contributed by atoms with E-state index in [4.69, 9.17) is 4.42 Å². The lowest BCUT2D eigenvalue weighted by atomic mass is 9.77. The Morgan fingerprint density at radius 3 is 1.64 bits per heavy atom. The number of anilines is 3. The first-order valence-electron chi connectivity index (χ1n) is 19.5. The summed E-state index contributed by atoms with van der Waals surface area (Å²) >= 11 is 0. The van der Waals surface area contributed by atoms with E-state index in [1.165, 1.54) is 71.6 Å². The molecule has 0 amide bonds. The van der Waals surface area contributed by atoms with Crippen molar-refractivity contribution in [1.82, 2.24) is 0 Å². The summed E-state index contributed by atoms with van der Waals surface area (Å²) in [7, 11) is 0. The van der Waals surface area contributed by atoms with Crippen molar-refractivity contribution in [1.29, 1.82) is 0 Å². The van der Waals surface area contributed by atoms with Crippen molar-refractivity contribution in [3.63, 3.8) is 0 Å².